The molecule has 1 atom stereocenters. The molecule has 1 unspecified atom stereocenters. The maximum atomic E-state index is 12.9. The quantitative estimate of drug-likeness (QED) is 0.554. The summed E-state index contributed by atoms with van der Waals surface area (Å²) in [6, 6.07) is 4.78. The molecule has 8 nitrogen and oxygen atoms in total. The minimum Gasteiger partial charge on any atom is -0.478 e. The molecule has 0 aliphatic carbocycles. The zero-order chi connectivity index (χ0) is 19.1. The number of nitrogens with one attached hydrogen (secondary N) is 1. The van der Waals surface area contributed by atoms with E-state index in [0.29, 0.717) is 0 Å². The Bertz CT molecular complexity index is 703. The molecule has 0 bridgehead atoms. The van der Waals surface area contributed by atoms with Crippen molar-refractivity contribution in [1.29, 1.82) is 0 Å². The molecule has 0 spiro atoms. The van der Waals surface area contributed by atoms with Gasteiger partial charge in [-0.3, -0.25) is 14.4 Å². The Morgan fingerprint density at radius 3 is 2.62 bits per heavy atom. The largest absolute Gasteiger partial charge is 0.478 e. The van der Waals surface area contributed by atoms with Crippen LogP contribution in [0.15, 0.2) is 24.3 Å². The number of aromatic carboxylic acids is 1. The van der Waals surface area contributed by atoms with Gasteiger partial charge >= 0.3 is 11.9 Å². The lowest BCUT2D eigenvalue weighted by Crippen LogP contribution is -2.58. The number of nitrogens with zero attached hydrogens (tertiary/aromatic N) is 1. The highest BCUT2D eigenvalue weighted by Crippen LogP contribution is 2.18. The first-order chi connectivity index (χ1) is 12.5. The molecule has 0 aromatic heterocycles. The van der Waals surface area contributed by atoms with E-state index in [-0.39, 0.29) is 37.2 Å². The summed E-state index contributed by atoms with van der Waals surface area (Å²) in [6.07, 6.45) is 1.32. The summed E-state index contributed by atoms with van der Waals surface area (Å²) in [4.78, 5) is 49.6. The summed E-state index contributed by atoms with van der Waals surface area (Å²) >= 11 is 0. The number of unbranched alkanes of at least 4 members (excludes halogenated alkanes) is 1. The normalized spacial score (nSPS) is 16.7. The van der Waals surface area contributed by atoms with Gasteiger partial charge in [0.1, 0.15) is 6.04 Å². The van der Waals surface area contributed by atoms with Gasteiger partial charge in [-0.1, -0.05) is 25.5 Å². The van der Waals surface area contributed by atoms with Crippen molar-refractivity contribution in [2.75, 3.05) is 19.7 Å². The molecule has 0 radical (unpaired) electrons. The summed E-state index contributed by atoms with van der Waals surface area (Å²) in [6.45, 7) is 2.65. The molecule has 1 heterocycles. The van der Waals surface area contributed by atoms with Crippen molar-refractivity contribution in [3.8, 4) is 0 Å². The molecule has 1 aromatic carbocycles. The summed E-state index contributed by atoms with van der Waals surface area (Å²) in [5.41, 5.74) is -0.160. The van der Waals surface area contributed by atoms with E-state index in [1.165, 1.54) is 23.1 Å². The van der Waals surface area contributed by atoms with Gasteiger partial charge in [0.05, 0.1) is 24.2 Å². The van der Waals surface area contributed by atoms with Gasteiger partial charge in [0.25, 0.3) is 5.91 Å². The van der Waals surface area contributed by atoms with E-state index in [1.807, 2.05) is 6.92 Å². The Hall–Kier alpha value is -2.90. The lowest BCUT2D eigenvalue weighted by Gasteiger charge is -2.34. The van der Waals surface area contributed by atoms with Crippen LogP contribution in [0.5, 0.6) is 0 Å². The third-order valence-electron chi connectivity index (χ3n) is 4.10. The SMILES string of the molecule is CCCCOC(=O)CC1C(=O)NCCN1C(=O)c1ccccc1C(=O)O. The van der Waals surface area contributed by atoms with E-state index in [0.717, 1.165) is 12.8 Å². The van der Waals surface area contributed by atoms with E-state index in [2.05, 4.69) is 5.32 Å². The number of amides is 2. The lowest BCUT2D eigenvalue weighted by atomic mass is 10.0. The van der Waals surface area contributed by atoms with Crippen LogP contribution in [0, 0.1) is 0 Å². The van der Waals surface area contributed by atoms with E-state index in [9.17, 15) is 24.3 Å². The van der Waals surface area contributed by atoms with Gasteiger partial charge in [-0.15, -0.1) is 0 Å². The topological polar surface area (TPSA) is 113 Å². The second-order valence-corrected chi connectivity index (χ2v) is 5.93. The number of hydrogen-bond acceptors (Lipinski definition) is 5. The summed E-state index contributed by atoms with van der Waals surface area (Å²) < 4.78 is 5.08. The van der Waals surface area contributed by atoms with Crippen LogP contribution in [0.25, 0.3) is 0 Å². The minimum absolute atomic E-state index is 0.0148. The number of ether oxygens (including phenoxy) is 1. The van der Waals surface area contributed by atoms with Gasteiger partial charge in [0.2, 0.25) is 5.91 Å². The van der Waals surface area contributed by atoms with Crippen LogP contribution in [0.4, 0.5) is 0 Å². The summed E-state index contributed by atoms with van der Waals surface area (Å²) in [5.74, 6) is -2.84. The Morgan fingerprint density at radius 1 is 1.27 bits per heavy atom. The Labute approximate surface area is 151 Å². The maximum Gasteiger partial charge on any atom is 0.336 e. The molecule has 8 heteroatoms. The maximum absolute atomic E-state index is 12.9. The minimum atomic E-state index is -1.23. The average Bonchev–Trinajstić information content (AvgIpc) is 2.63. The highest BCUT2D eigenvalue weighted by molar-refractivity contribution is 6.06. The van der Waals surface area contributed by atoms with Crippen LogP contribution in [0.1, 0.15) is 46.9 Å². The van der Waals surface area contributed by atoms with E-state index < -0.39 is 29.8 Å². The van der Waals surface area contributed by atoms with Gasteiger partial charge in [-0.2, -0.15) is 0 Å². The standard InChI is InChI=1S/C18H22N2O6/c1-2-3-10-26-15(21)11-14-16(22)19-8-9-20(14)17(23)12-6-4-5-7-13(12)18(24)25/h4-7,14H,2-3,8-11H2,1H3,(H,19,22)(H,24,25). The van der Waals surface area contributed by atoms with Gasteiger partial charge in [-0.05, 0) is 18.6 Å². The highest BCUT2D eigenvalue weighted by atomic mass is 16.5. The second-order valence-electron chi connectivity index (χ2n) is 5.93. The number of carbonyl (C=O) groups excluding carboxylic acids is 3. The zero-order valence-corrected chi connectivity index (χ0v) is 14.6. The Morgan fingerprint density at radius 2 is 1.96 bits per heavy atom. The summed E-state index contributed by atoms with van der Waals surface area (Å²) in [5, 5.41) is 11.9. The molecule has 0 saturated carbocycles. The number of carboxylic acids is 1. The molecule has 2 rings (SSSR count). The van der Waals surface area contributed by atoms with Crippen LogP contribution >= 0.6 is 0 Å². The van der Waals surface area contributed by atoms with Crippen molar-refractivity contribution >= 4 is 23.8 Å². The fraction of sp³-hybridized carbons (Fsp3) is 0.444. The average molecular weight is 362 g/mol. The van der Waals surface area contributed by atoms with Crippen molar-refractivity contribution in [3.05, 3.63) is 35.4 Å². The number of hydrogen-bond donors (Lipinski definition) is 2. The highest BCUT2D eigenvalue weighted by Gasteiger charge is 2.36. The smallest absolute Gasteiger partial charge is 0.336 e. The molecule has 140 valence electrons. The van der Waals surface area contributed by atoms with Gasteiger partial charge in [-0.25, -0.2) is 4.79 Å². The first-order valence-electron chi connectivity index (χ1n) is 8.52. The number of esters is 1. The Balaban J connectivity index is 2.19. The number of carbonyl (C=O) groups is 4. The lowest BCUT2D eigenvalue weighted by molar-refractivity contribution is -0.147. The molecular weight excluding hydrogens is 340 g/mol. The van der Waals surface area contributed by atoms with E-state index in [4.69, 9.17) is 4.74 Å². The summed E-state index contributed by atoms with van der Waals surface area (Å²) in [7, 11) is 0. The molecule has 2 N–H and O–H groups in total. The van der Waals surface area contributed by atoms with Crippen LogP contribution in [-0.2, 0) is 14.3 Å². The van der Waals surface area contributed by atoms with Gasteiger partial charge in [0, 0.05) is 13.1 Å². The van der Waals surface area contributed by atoms with Crippen LogP contribution < -0.4 is 5.32 Å². The van der Waals surface area contributed by atoms with Crippen molar-refractivity contribution in [2.24, 2.45) is 0 Å². The first-order valence-corrected chi connectivity index (χ1v) is 8.52. The van der Waals surface area contributed by atoms with Gasteiger partial charge < -0.3 is 20.1 Å². The molecule has 26 heavy (non-hydrogen) atoms. The predicted octanol–water partition coefficient (Wildman–Crippen LogP) is 1.06. The molecule has 1 fully saturated rings. The molecule has 1 aliphatic rings. The third-order valence-corrected chi connectivity index (χ3v) is 4.10. The molecule has 1 aromatic rings. The number of carboxylic acid groups (broad SMARTS) is 1. The van der Waals surface area contributed by atoms with Crippen LogP contribution in [-0.4, -0.2) is 59.5 Å². The third kappa shape index (κ3) is 4.59. The first kappa shape index (κ1) is 19.4. The van der Waals surface area contributed by atoms with Crippen LogP contribution in [0.2, 0.25) is 0 Å². The monoisotopic (exact) mass is 362 g/mol. The van der Waals surface area contributed by atoms with E-state index >= 15 is 0 Å². The second kappa shape index (κ2) is 8.98. The number of piperazine rings is 1. The molecule has 1 aliphatic heterocycles. The number of benzene rings is 1. The van der Waals surface area contributed by atoms with Crippen molar-refractivity contribution < 1.29 is 29.0 Å². The van der Waals surface area contributed by atoms with Crippen molar-refractivity contribution in [2.45, 2.75) is 32.2 Å². The fourth-order valence-corrected chi connectivity index (χ4v) is 2.72. The Kier molecular flexibility index (Phi) is 6.71. The zero-order valence-electron chi connectivity index (χ0n) is 14.6. The fourth-order valence-electron chi connectivity index (χ4n) is 2.72. The molecule has 2 amide bonds. The number of rotatable bonds is 7. The van der Waals surface area contributed by atoms with Gasteiger partial charge in [0.15, 0.2) is 0 Å². The van der Waals surface area contributed by atoms with Crippen molar-refractivity contribution in [1.82, 2.24) is 10.2 Å². The van der Waals surface area contributed by atoms with Crippen LogP contribution in [0.3, 0.4) is 0 Å². The predicted molar refractivity (Wildman–Crippen MR) is 91.7 cm³/mol. The molecule has 1 saturated heterocycles. The van der Waals surface area contributed by atoms with E-state index in [1.54, 1.807) is 6.07 Å². The molecular formula is C18H22N2O6. The van der Waals surface area contributed by atoms with Crippen molar-refractivity contribution in [3.63, 3.8) is 0 Å².